The first-order valence-electron chi connectivity index (χ1n) is 6.82. The highest BCUT2D eigenvalue weighted by Crippen LogP contribution is 2.24. The molecule has 4 heteroatoms. The summed E-state index contributed by atoms with van der Waals surface area (Å²) in [5.74, 6) is 1.21. The van der Waals surface area contributed by atoms with E-state index in [1.54, 1.807) is 6.20 Å². The van der Waals surface area contributed by atoms with Crippen LogP contribution in [-0.2, 0) is 6.42 Å². The number of nitrogens with zero attached hydrogens (tertiary/aromatic N) is 3. The number of hydrogen-bond donors (Lipinski definition) is 1. The van der Waals surface area contributed by atoms with Gasteiger partial charge < -0.3 is 5.73 Å². The van der Waals surface area contributed by atoms with Crippen molar-refractivity contribution < 1.29 is 0 Å². The summed E-state index contributed by atoms with van der Waals surface area (Å²) in [6.07, 6.45) is 2.34. The lowest BCUT2D eigenvalue weighted by Crippen LogP contribution is -2.06. The van der Waals surface area contributed by atoms with Crippen LogP contribution in [0.4, 0.5) is 5.82 Å². The van der Waals surface area contributed by atoms with Crippen molar-refractivity contribution in [1.29, 1.82) is 0 Å². The smallest absolute Gasteiger partial charge is 0.137 e. The molecule has 0 aliphatic carbocycles. The molecule has 0 unspecified atom stereocenters. The van der Waals surface area contributed by atoms with Gasteiger partial charge in [-0.1, -0.05) is 36.4 Å². The Balaban J connectivity index is 2.02. The summed E-state index contributed by atoms with van der Waals surface area (Å²) in [4.78, 5) is 13.4. The molecular formula is C17H16N4. The third-order valence-corrected chi connectivity index (χ3v) is 3.34. The van der Waals surface area contributed by atoms with Gasteiger partial charge in [0.25, 0.3) is 0 Å². The molecule has 2 heterocycles. The van der Waals surface area contributed by atoms with E-state index in [0.29, 0.717) is 18.1 Å². The van der Waals surface area contributed by atoms with Crippen molar-refractivity contribution in [1.82, 2.24) is 15.0 Å². The van der Waals surface area contributed by atoms with Crippen LogP contribution in [0.5, 0.6) is 0 Å². The molecule has 4 nitrogen and oxygen atoms in total. The Kier molecular flexibility index (Phi) is 3.60. The highest BCUT2D eigenvalue weighted by atomic mass is 15.0. The number of pyridine rings is 1. The van der Waals surface area contributed by atoms with Crippen LogP contribution in [0.1, 0.15) is 17.1 Å². The second-order valence-corrected chi connectivity index (χ2v) is 4.86. The van der Waals surface area contributed by atoms with Crippen LogP contribution in [-0.4, -0.2) is 15.0 Å². The zero-order valence-electron chi connectivity index (χ0n) is 11.8. The van der Waals surface area contributed by atoms with Gasteiger partial charge >= 0.3 is 0 Å². The third kappa shape index (κ3) is 2.89. The molecule has 1 aromatic carbocycles. The SMILES string of the molecule is Cc1c(N)nc(Cc2ccccn2)nc1-c1ccccc1. The molecule has 0 aliphatic heterocycles. The maximum atomic E-state index is 6.04. The van der Waals surface area contributed by atoms with E-state index in [1.807, 2.05) is 55.5 Å². The Morgan fingerprint density at radius 3 is 2.43 bits per heavy atom. The van der Waals surface area contributed by atoms with Crippen molar-refractivity contribution >= 4 is 5.82 Å². The summed E-state index contributed by atoms with van der Waals surface area (Å²) >= 11 is 0. The van der Waals surface area contributed by atoms with E-state index in [2.05, 4.69) is 15.0 Å². The average molecular weight is 276 g/mol. The Morgan fingerprint density at radius 1 is 0.952 bits per heavy atom. The molecule has 2 aromatic heterocycles. The van der Waals surface area contributed by atoms with E-state index >= 15 is 0 Å². The summed E-state index contributed by atoms with van der Waals surface area (Å²) in [5.41, 5.74) is 9.81. The highest BCUT2D eigenvalue weighted by Gasteiger charge is 2.11. The summed E-state index contributed by atoms with van der Waals surface area (Å²) in [6, 6.07) is 15.8. The molecule has 21 heavy (non-hydrogen) atoms. The molecule has 0 spiro atoms. The van der Waals surface area contributed by atoms with Crippen LogP contribution in [0.15, 0.2) is 54.7 Å². The van der Waals surface area contributed by atoms with Gasteiger partial charge in [-0.3, -0.25) is 4.98 Å². The van der Waals surface area contributed by atoms with Crippen molar-refractivity contribution in [3.05, 3.63) is 71.8 Å². The fraction of sp³-hybridized carbons (Fsp3) is 0.118. The molecule has 0 fully saturated rings. The van der Waals surface area contributed by atoms with Crippen molar-refractivity contribution in [2.24, 2.45) is 0 Å². The maximum Gasteiger partial charge on any atom is 0.137 e. The molecule has 0 atom stereocenters. The van der Waals surface area contributed by atoms with E-state index in [1.165, 1.54) is 0 Å². The number of aromatic nitrogens is 3. The zero-order chi connectivity index (χ0) is 14.7. The predicted molar refractivity (Wildman–Crippen MR) is 83.7 cm³/mol. The van der Waals surface area contributed by atoms with Crippen LogP contribution >= 0.6 is 0 Å². The number of nitrogens with two attached hydrogens (primary N) is 1. The molecule has 0 saturated carbocycles. The topological polar surface area (TPSA) is 64.7 Å². The second-order valence-electron chi connectivity index (χ2n) is 4.86. The minimum absolute atomic E-state index is 0.523. The summed E-state index contributed by atoms with van der Waals surface area (Å²) < 4.78 is 0. The molecular weight excluding hydrogens is 260 g/mol. The number of anilines is 1. The Labute approximate surface area is 123 Å². The molecule has 0 saturated heterocycles. The lowest BCUT2D eigenvalue weighted by atomic mass is 10.1. The number of hydrogen-bond acceptors (Lipinski definition) is 4. The summed E-state index contributed by atoms with van der Waals surface area (Å²) in [5, 5.41) is 0. The molecule has 104 valence electrons. The Morgan fingerprint density at radius 2 is 1.71 bits per heavy atom. The molecule has 3 aromatic rings. The van der Waals surface area contributed by atoms with Crippen LogP contribution in [0.25, 0.3) is 11.3 Å². The van der Waals surface area contributed by atoms with Crippen LogP contribution < -0.4 is 5.73 Å². The second kappa shape index (κ2) is 5.71. The normalized spacial score (nSPS) is 10.5. The third-order valence-electron chi connectivity index (χ3n) is 3.34. The molecule has 0 amide bonds. The predicted octanol–water partition coefficient (Wildman–Crippen LogP) is 3.02. The lowest BCUT2D eigenvalue weighted by molar-refractivity contribution is 0.936. The summed E-state index contributed by atoms with van der Waals surface area (Å²) in [6.45, 7) is 1.95. The van der Waals surface area contributed by atoms with Crippen LogP contribution in [0, 0.1) is 6.92 Å². The average Bonchev–Trinajstić information content (AvgIpc) is 2.52. The zero-order valence-corrected chi connectivity index (χ0v) is 11.8. The van der Waals surface area contributed by atoms with Gasteiger partial charge in [0.2, 0.25) is 0 Å². The monoisotopic (exact) mass is 276 g/mol. The largest absolute Gasteiger partial charge is 0.383 e. The quantitative estimate of drug-likeness (QED) is 0.798. The van der Waals surface area contributed by atoms with E-state index in [9.17, 15) is 0 Å². The Bertz CT molecular complexity index is 739. The minimum Gasteiger partial charge on any atom is -0.383 e. The van der Waals surface area contributed by atoms with E-state index in [-0.39, 0.29) is 0 Å². The molecule has 0 aliphatic rings. The van der Waals surface area contributed by atoms with Crippen LogP contribution in [0.2, 0.25) is 0 Å². The van der Waals surface area contributed by atoms with E-state index in [0.717, 1.165) is 22.5 Å². The minimum atomic E-state index is 0.523. The number of benzene rings is 1. The van der Waals surface area contributed by atoms with Gasteiger partial charge in [-0.25, -0.2) is 9.97 Å². The van der Waals surface area contributed by atoms with Crippen molar-refractivity contribution in [3.63, 3.8) is 0 Å². The first-order valence-corrected chi connectivity index (χ1v) is 6.82. The summed E-state index contributed by atoms with van der Waals surface area (Å²) in [7, 11) is 0. The lowest BCUT2D eigenvalue weighted by Gasteiger charge is -2.10. The van der Waals surface area contributed by atoms with Gasteiger partial charge in [0.1, 0.15) is 11.6 Å². The van der Waals surface area contributed by atoms with Gasteiger partial charge in [-0.2, -0.15) is 0 Å². The number of rotatable bonds is 3. The van der Waals surface area contributed by atoms with Gasteiger partial charge in [-0.05, 0) is 19.1 Å². The van der Waals surface area contributed by atoms with Gasteiger partial charge in [0.05, 0.1) is 12.1 Å². The van der Waals surface area contributed by atoms with Gasteiger partial charge in [0, 0.05) is 23.0 Å². The number of nitrogen functional groups attached to an aromatic ring is 1. The first kappa shape index (κ1) is 13.2. The highest BCUT2D eigenvalue weighted by molar-refractivity contribution is 5.67. The molecule has 3 rings (SSSR count). The fourth-order valence-electron chi connectivity index (χ4n) is 2.20. The van der Waals surface area contributed by atoms with Gasteiger partial charge in [-0.15, -0.1) is 0 Å². The fourth-order valence-corrected chi connectivity index (χ4v) is 2.20. The molecule has 0 radical (unpaired) electrons. The maximum absolute atomic E-state index is 6.04. The van der Waals surface area contributed by atoms with E-state index in [4.69, 9.17) is 5.73 Å². The van der Waals surface area contributed by atoms with Crippen molar-refractivity contribution in [2.45, 2.75) is 13.3 Å². The standard InChI is InChI=1S/C17H16N4/c1-12-16(13-7-3-2-4-8-13)20-15(21-17(12)18)11-14-9-5-6-10-19-14/h2-10H,11H2,1H3,(H2,18,20,21). The van der Waals surface area contributed by atoms with Crippen LogP contribution in [0.3, 0.4) is 0 Å². The first-order chi connectivity index (χ1) is 10.2. The van der Waals surface area contributed by atoms with Crippen molar-refractivity contribution in [3.8, 4) is 11.3 Å². The molecule has 2 N–H and O–H groups in total. The van der Waals surface area contributed by atoms with Crippen molar-refractivity contribution in [2.75, 3.05) is 5.73 Å². The Hall–Kier alpha value is -2.75. The molecule has 0 bridgehead atoms. The van der Waals surface area contributed by atoms with Gasteiger partial charge in [0.15, 0.2) is 0 Å². The van der Waals surface area contributed by atoms with E-state index < -0.39 is 0 Å².